The molecule has 0 saturated carbocycles. The molecule has 0 radical (unpaired) electrons. The second kappa shape index (κ2) is 8.03. The van der Waals surface area contributed by atoms with Gasteiger partial charge in [0.2, 0.25) is 0 Å². The van der Waals surface area contributed by atoms with Gasteiger partial charge in [0.15, 0.2) is 0 Å². The SMILES string of the molecule is CC(C)CNCCCNCc1ccc2ccccc2c1. The first-order chi connectivity index (χ1) is 9.75. The van der Waals surface area contributed by atoms with Gasteiger partial charge in [-0.05, 0) is 54.4 Å². The largest absolute Gasteiger partial charge is 0.316 e. The average molecular weight is 270 g/mol. The van der Waals surface area contributed by atoms with E-state index in [-0.39, 0.29) is 0 Å². The predicted molar refractivity (Wildman–Crippen MR) is 88.0 cm³/mol. The van der Waals surface area contributed by atoms with Gasteiger partial charge in [-0.15, -0.1) is 0 Å². The Balaban J connectivity index is 1.68. The topological polar surface area (TPSA) is 24.1 Å². The van der Waals surface area contributed by atoms with E-state index in [2.05, 4.69) is 66.9 Å². The first-order valence-corrected chi connectivity index (χ1v) is 7.65. The average Bonchev–Trinajstić information content (AvgIpc) is 2.46. The summed E-state index contributed by atoms with van der Waals surface area (Å²) >= 11 is 0. The lowest BCUT2D eigenvalue weighted by Crippen LogP contribution is -2.24. The van der Waals surface area contributed by atoms with Gasteiger partial charge in [0.25, 0.3) is 0 Å². The molecular formula is C18H26N2. The van der Waals surface area contributed by atoms with Crippen LogP contribution in [0.25, 0.3) is 10.8 Å². The van der Waals surface area contributed by atoms with Crippen molar-refractivity contribution in [3.8, 4) is 0 Å². The summed E-state index contributed by atoms with van der Waals surface area (Å²) in [6, 6.07) is 15.2. The van der Waals surface area contributed by atoms with Crippen LogP contribution in [0.1, 0.15) is 25.8 Å². The zero-order chi connectivity index (χ0) is 14.2. The fraction of sp³-hybridized carbons (Fsp3) is 0.444. The van der Waals surface area contributed by atoms with Gasteiger partial charge in [-0.25, -0.2) is 0 Å². The molecule has 0 aliphatic carbocycles. The molecule has 0 aliphatic heterocycles. The maximum atomic E-state index is 3.51. The Hall–Kier alpha value is -1.38. The van der Waals surface area contributed by atoms with Crippen molar-refractivity contribution in [2.45, 2.75) is 26.8 Å². The third kappa shape index (κ3) is 4.95. The van der Waals surface area contributed by atoms with Crippen molar-refractivity contribution in [1.82, 2.24) is 10.6 Å². The molecule has 0 saturated heterocycles. The molecule has 0 aliphatic rings. The summed E-state index contributed by atoms with van der Waals surface area (Å²) in [6.07, 6.45) is 1.18. The number of nitrogens with one attached hydrogen (secondary N) is 2. The molecule has 0 aromatic heterocycles. The summed E-state index contributed by atoms with van der Waals surface area (Å²) in [6.45, 7) is 8.72. The molecule has 108 valence electrons. The van der Waals surface area contributed by atoms with E-state index in [1.54, 1.807) is 0 Å². The van der Waals surface area contributed by atoms with Crippen molar-refractivity contribution in [3.05, 3.63) is 48.0 Å². The summed E-state index contributed by atoms with van der Waals surface area (Å²) < 4.78 is 0. The highest BCUT2D eigenvalue weighted by molar-refractivity contribution is 5.82. The normalized spacial score (nSPS) is 11.3. The number of benzene rings is 2. The standard InChI is InChI=1S/C18H26N2/c1-15(2)13-19-10-5-11-20-14-16-8-9-17-6-3-4-7-18(17)12-16/h3-4,6-9,12,15,19-20H,5,10-11,13-14H2,1-2H3. The van der Waals surface area contributed by atoms with E-state index in [4.69, 9.17) is 0 Å². The first kappa shape index (κ1) is 15.0. The molecule has 0 bridgehead atoms. The van der Waals surface area contributed by atoms with Gasteiger partial charge in [0.05, 0.1) is 0 Å². The molecule has 0 amide bonds. The summed E-state index contributed by atoms with van der Waals surface area (Å²) in [4.78, 5) is 0. The van der Waals surface area contributed by atoms with Crippen LogP contribution in [0.4, 0.5) is 0 Å². The summed E-state index contributed by atoms with van der Waals surface area (Å²) in [5.74, 6) is 0.737. The highest BCUT2D eigenvalue weighted by atomic mass is 14.9. The van der Waals surface area contributed by atoms with Gasteiger partial charge in [0, 0.05) is 6.54 Å². The van der Waals surface area contributed by atoms with Crippen LogP contribution in [0.5, 0.6) is 0 Å². The minimum absolute atomic E-state index is 0.737. The molecule has 0 spiro atoms. The van der Waals surface area contributed by atoms with E-state index < -0.39 is 0 Å². The maximum absolute atomic E-state index is 3.51. The Morgan fingerprint density at radius 1 is 0.900 bits per heavy atom. The second-order valence-electron chi connectivity index (χ2n) is 5.81. The van der Waals surface area contributed by atoms with Crippen molar-refractivity contribution in [2.24, 2.45) is 5.92 Å². The van der Waals surface area contributed by atoms with Crippen LogP contribution in [0, 0.1) is 5.92 Å². The molecule has 0 fully saturated rings. The van der Waals surface area contributed by atoms with Crippen molar-refractivity contribution >= 4 is 10.8 Å². The van der Waals surface area contributed by atoms with E-state index in [0.717, 1.165) is 32.1 Å². The molecule has 0 unspecified atom stereocenters. The summed E-state index contributed by atoms with van der Waals surface area (Å²) in [5.41, 5.74) is 1.36. The van der Waals surface area contributed by atoms with Crippen LogP contribution >= 0.6 is 0 Å². The fourth-order valence-electron chi connectivity index (χ4n) is 2.31. The van der Waals surface area contributed by atoms with E-state index >= 15 is 0 Å². The van der Waals surface area contributed by atoms with Gasteiger partial charge in [-0.1, -0.05) is 50.2 Å². The van der Waals surface area contributed by atoms with Gasteiger partial charge in [-0.3, -0.25) is 0 Å². The lowest BCUT2D eigenvalue weighted by molar-refractivity contribution is 0.530. The van der Waals surface area contributed by atoms with Crippen LogP contribution in [0.2, 0.25) is 0 Å². The molecule has 0 heterocycles. The first-order valence-electron chi connectivity index (χ1n) is 7.65. The van der Waals surface area contributed by atoms with Gasteiger partial charge >= 0.3 is 0 Å². The molecule has 0 atom stereocenters. The van der Waals surface area contributed by atoms with Crippen LogP contribution in [-0.4, -0.2) is 19.6 Å². The van der Waals surface area contributed by atoms with Crippen LogP contribution in [0.15, 0.2) is 42.5 Å². The van der Waals surface area contributed by atoms with Crippen LogP contribution in [-0.2, 0) is 6.54 Å². The lowest BCUT2D eigenvalue weighted by Gasteiger charge is -2.08. The Labute approximate surface area is 122 Å². The molecular weight excluding hydrogens is 244 g/mol. The van der Waals surface area contributed by atoms with E-state index in [9.17, 15) is 0 Å². The number of rotatable bonds is 8. The van der Waals surface area contributed by atoms with E-state index in [0.29, 0.717) is 0 Å². The third-order valence-corrected chi connectivity index (χ3v) is 3.40. The molecule has 2 heteroatoms. The van der Waals surface area contributed by atoms with Crippen LogP contribution in [0.3, 0.4) is 0 Å². The predicted octanol–water partition coefficient (Wildman–Crippen LogP) is 3.57. The van der Waals surface area contributed by atoms with Crippen LogP contribution < -0.4 is 10.6 Å². The number of fused-ring (bicyclic) bond motifs is 1. The molecule has 20 heavy (non-hydrogen) atoms. The number of hydrogen-bond donors (Lipinski definition) is 2. The Bertz CT molecular complexity index is 520. The van der Waals surface area contributed by atoms with Crippen molar-refractivity contribution < 1.29 is 0 Å². The van der Waals surface area contributed by atoms with Gasteiger partial charge in [0.1, 0.15) is 0 Å². The monoisotopic (exact) mass is 270 g/mol. The quantitative estimate of drug-likeness (QED) is 0.717. The van der Waals surface area contributed by atoms with Crippen molar-refractivity contribution in [2.75, 3.05) is 19.6 Å². The second-order valence-corrected chi connectivity index (χ2v) is 5.81. The molecule has 2 rings (SSSR count). The van der Waals surface area contributed by atoms with Crippen molar-refractivity contribution in [3.63, 3.8) is 0 Å². The zero-order valence-electron chi connectivity index (χ0n) is 12.7. The van der Waals surface area contributed by atoms with Gasteiger partial charge < -0.3 is 10.6 Å². The minimum Gasteiger partial charge on any atom is -0.316 e. The molecule has 2 nitrogen and oxygen atoms in total. The van der Waals surface area contributed by atoms with E-state index in [1.165, 1.54) is 22.8 Å². The number of hydrogen-bond acceptors (Lipinski definition) is 2. The Kier molecular flexibility index (Phi) is 6.03. The minimum atomic E-state index is 0.737. The summed E-state index contributed by atoms with van der Waals surface area (Å²) in [5, 5.41) is 9.62. The third-order valence-electron chi connectivity index (χ3n) is 3.40. The lowest BCUT2D eigenvalue weighted by atomic mass is 10.1. The maximum Gasteiger partial charge on any atom is 0.0205 e. The Morgan fingerprint density at radius 3 is 2.45 bits per heavy atom. The van der Waals surface area contributed by atoms with Crippen molar-refractivity contribution in [1.29, 1.82) is 0 Å². The smallest absolute Gasteiger partial charge is 0.0205 e. The molecule has 2 aromatic carbocycles. The highest BCUT2D eigenvalue weighted by Gasteiger charge is 1.96. The Morgan fingerprint density at radius 2 is 1.65 bits per heavy atom. The van der Waals surface area contributed by atoms with E-state index in [1.807, 2.05) is 0 Å². The van der Waals surface area contributed by atoms with Gasteiger partial charge in [-0.2, -0.15) is 0 Å². The molecule has 2 aromatic rings. The fourth-order valence-corrected chi connectivity index (χ4v) is 2.31. The zero-order valence-corrected chi connectivity index (χ0v) is 12.7. The highest BCUT2D eigenvalue weighted by Crippen LogP contribution is 2.15. The summed E-state index contributed by atoms with van der Waals surface area (Å²) in [7, 11) is 0. The molecule has 2 N–H and O–H groups in total.